The first-order chi connectivity index (χ1) is 8.41. The number of carbonyl (C=O) groups is 1. The summed E-state index contributed by atoms with van der Waals surface area (Å²) >= 11 is 11.7. The number of carbonyl (C=O) groups excluding carboxylic acids is 1. The van der Waals surface area contributed by atoms with Gasteiger partial charge in [0.15, 0.2) is 5.75 Å². The summed E-state index contributed by atoms with van der Waals surface area (Å²) in [5, 5.41) is 10.7. The number of non-ortho nitro benzene ring substituents is 1. The van der Waals surface area contributed by atoms with Crippen LogP contribution in [0.3, 0.4) is 0 Å². The van der Waals surface area contributed by atoms with E-state index in [2.05, 4.69) is 0 Å². The van der Waals surface area contributed by atoms with Gasteiger partial charge in [-0.05, 0) is 13.3 Å². The molecule has 7 heteroatoms. The van der Waals surface area contributed by atoms with E-state index < -0.39 is 4.92 Å². The minimum Gasteiger partial charge on any atom is -0.490 e. The second kappa shape index (κ2) is 6.56. The molecule has 5 nitrogen and oxygen atoms in total. The first kappa shape index (κ1) is 14.7. The monoisotopic (exact) mass is 291 g/mol. The fourth-order valence-electron chi connectivity index (χ4n) is 1.29. The van der Waals surface area contributed by atoms with E-state index >= 15 is 0 Å². The number of Topliss-reactive ketones (excluding diaryl/α,β-unsaturated/α-hetero) is 1. The summed E-state index contributed by atoms with van der Waals surface area (Å²) in [6.07, 6.45) is 0.946. The zero-order valence-electron chi connectivity index (χ0n) is 9.61. The van der Waals surface area contributed by atoms with Crippen molar-refractivity contribution in [1.82, 2.24) is 0 Å². The minimum absolute atomic E-state index is 0.0690. The van der Waals surface area contributed by atoms with Crippen LogP contribution < -0.4 is 4.74 Å². The van der Waals surface area contributed by atoms with Crippen LogP contribution >= 0.6 is 23.2 Å². The van der Waals surface area contributed by atoms with Gasteiger partial charge in [-0.25, -0.2) is 0 Å². The molecule has 1 aromatic carbocycles. The van der Waals surface area contributed by atoms with Crippen LogP contribution in [0.1, 0.15) is 19.8 Å². The Morgan fingerprint density at radius 2 is 1.94 bits per heavy atom. The predicted octanol–water partition coefficient (Wildman–Crippen LogP) is 3.65. The quantitative estimate of drug-likeness (QED) is 0.456. The highest BCUT2D eigenvalue weighted by molar-refractivity contribution is 6.37. The summed E-state index contributed by atoms with van der Waals surface area (Å²) in [7, 11) is 0. The van der Waals surface area contributed by atoms with Gasteiger partial charge in [0, 0.05) is 18.6 Å². The molecule has 0 saturated carbocycles. The molecule has 18 heavy (non-hydrogen) atoms. The molecule has 98 valence electrons. The molecule has 0 radical (unpaired) electrons. The Kier molecular flexibility index (Phi) is 5.37. The zero-order valence-corrected chi connectivity index (χ0v) is 11.1. The SMILES string of the molecule is CC(=O)CCCOc1c(Cl)cc([N+](=O)[O-])cc1Cl. The number of nitrogens with zero attached hydrogens (tertiary/aromatic N) is 1. The summed E-state index contributed by atoms with van der Waals surface area (Å²) in [6, 6.07) is 2.35. The van der Waals surface area contributed by atoms with Gasteiger partial charge in [0.2, 0.25) is 0 Å². The van der Waals surface area contributed by atoms with Crippen molar-refractivity contribution in [2.75, 3.05) is 6.61 Å². The Bertz CT molecular complexity index is 453. The standard InChI is InChI=1S/C11H11Cl2NO4/c1-7(15)3-2-4-18-11-9(12)5-8(14(16)17)6-10(11)13/h5-6H,2-4H2,1H3. The van der Waals surface area contributed by atoms with E-state index in [-0.39, 0.29) is 33.9 Å². The third-order valence-electron chi connectivity index (χ3n) is 2.11. The lowest BCUT2D eigenvalue weighted by Gasteiger charge is -2.09. The number of hydrogen-bond donors (Lipinski definition) is 0. The van der Waals surface area contributed by atoms with Gasteiger partial charge >= 0.3 is 0 Å². The second-order valence-electron chi connectivity index (χ2n) is 3.65. The first-order valence-corrected chi connectivity index (χ1v) is 5.93. The van der Waals surface area contributed by atoms with Gasteiger partial charge in [0.1, 0.15) is 5.78 Å². The highest BCUT2D eigenvalue weighted by Gasteiger charge is 2.15. The molecule has 0 aliphatic rings. The van der Waals surface area contributed by atoms with Crippen LogP contribution in [0.15, 0.2) is 12.1 Å². The van der Waals surface area contributed by atoms with E-state index in [1.54, 1.807) is 0 Å². The predicted molar refractivity (Wildman–Crippen MR) is 68.5 cm³/mol. The van der Waals surface area contributed by atoms with Gasteiger partial charge in [-0.1, -0.05) is 23.2 Å². The van der Waals surface area contributed by atoms with E-state index in [0.29, 0.717) is 12.8 Å². The van der Waals surface area contributed by atoms with Gasteiger partial charge in [-0.15, -0.1) is 0 Å². The summed E-state index contributed by atoms with van der Waals surface area (Å²) in [5.74, 6) is 0.270. The van der Waals surface area contributed by atoms with Crippen LogP contribution in [0, 0.1) is 10.1 Å². The average Bonchev–Trinajstić information content (AvgIpc) is 2.26. The molecule has 0 bridgehead atoms. The molecule has 0 heterocycles. The number of halogens is 2. The molecule has 0 unspecified atom stereocenters. The highest BCUT2D eigenvalue weighted by atomic mass is 35.5. The van der Waals surface area contributed by atoms with Gasteiger partial charge in [-0.2, -0.15) is 0 Å². The van der Waals surface area contributed by atoms with E-state index in [1.807, 2.05) is 0 Å². The topological polar surface area (TPSA) is 69.4 Å². The molecule has 0 fully saturated rings. The molecule has 0 aliphatic carbocycles. The fourth-order valence-corrected chi connectivity index (χ4v) is 1.87. The van der Waals surface area contributed by atoms with Crippen LogP contribution in [-0.2, 0) is 4.79 Å². The maximum atomic E-state index is 10.7. The van der Waals surface area contributed by atoms with Crippen molar-refractivity contribution in [2.24, 2.45) is 0 Å². The van der Waals surface area contributed by atoms with Crippen molar-refractivity contribution < 1.29 is 14.5 Å². The molecule has 0 amide bonds. The number of rotatable bonds is 6. The summed E-state index contributed by atoms with van der Waals surface area (Å²) in [4.78, 5) is 20.7. The Morgan fingerprint density at radius 3 is 2.39 bits per heavy atom. The number of benzene rings is 1. The Balaban J connectivity index is 2.72. The third-order valence-corrected chi connectivity index (χ3v) is 2.67. The van der Waals surface area contributed by atoms with E-state index in [1.165, 1.54) is 19.1 Å². The van der Waals surface area contributed by atoms with E-state index in [4.69, 9.17) is 27.9 Å². The Morgan fingerprint density at radius 1 is 1.39 bits per heavy atom. The number of hydrogen-bond acceptors (Lipinski definition) is 4. The van der Waals surface area contributed by atoms with Crippen molar-refractivity contribution in [1.29, 1.82) is 0 Å². The first-order valence-electron chi connectivity index (χ1n) is 5.17. The van der Waals surface area contributed by atoms with Crippen molar-refractivity contribution in [2.45, 2.75) is 19.8 Å². The molecular formula is C11H11Cl2NO4. The normalized spacial score (nSPS) is 10.2. The van der Waals surface area contributed by atoms with E-state index in [9.17, 15) is 14.9 Å². The number of nitro groups is 1. The van der Waals surface area contributed by atoms with Crippen LogP contribution in [0.4, 0.5) is 5.69 Å². The van der Waals surface area contributed by atoms with E-state index in [0.717, 1.165) is 0 Å². The van der Waals surface area contributed by atoms with Gasteiger partial charge in [0.05, 0.1) is 21.6 Å². The molecule has 0 aromatic heterocycles. The lowest BCUT2D eigenvalue weighted by molar-refractivity contribution is -0.384. The smallest absolute Gasteiger partial charge is 0.272 e. The molecule has 1 rings (SSSR count). The molecule has 1 aromatic rings. The summed E-state index contributed by atoms with van der Waals surface area (Å²) < 4.78 is 5.31. The van der Waals surface area contributed by atoms with Gasteiger partial charge in [-0.3, -0.25) is 10.1 Å². The van der Waals surface area contributed by atoms with Crippen LogP contribution in [0.2, 0.25) is 10.0 Å². The largest absolute Gasteiger partial charge is 0.490 e. The number of ether oxygens (including phenoxy) is 1. The molecule has 0 aliphatic heterocycles. The van der Waals surface area contributed by atoms with Crippen molar-refractivity contribution in [3.8, 4) is 5.75 Å². The number of ketones is 1. The van der Waals surface area contributed by atoms with Crippen molar-refractivity contribution in [3.05, 3.63) is 32.3 Å². The van der Waals surface area contributed by atoms with Gasteiger partial charge in [0.25, 0.3) is 5.69 Å². The molecule has 0 spiro atoms. The van der Waals surface area contributed by atoms with Crippen molar-refractivity contribution >= 4 is 34.7 Å². The van der Waals surface area contributed by atoms with Crippen LogP contribution in [-0.4, -0.2) is 17.3 Å². The maximum Gasteiger partial charge on any atom is 0.272 e. The lowest BCUT2D eigenvalue weighted by Crippen LogP contribution is -2.01. The number of nitro benzene ring substituents is 1. The summed E-state index contributed by atoms with van der Waals surface area (Å²) in [6.45, 7) is 1.77. The van der Waals surface area contributed by atoms with Crippen LogP contribution in [0.5, 0.6) is 5.75 Å². The molecule has 0 atom stereocenters. The minimum atomic E-state index is -0.586. The average molecular weight is 292 g/mol. The van der Waals surface area contributed by atoms with Gasteiger partial charge < -0.3 is 9.53 Å². The second-order valence-corrected chi connectivity index (χ2v) is 4.46. The van der Waals surface area contributed by atoms with Crippen LogP contribution in [0.25, 0.3) is 0 Å². The molecular weight excluding hydrogens is 281 g/mol. The lowest BCUT2D eigenvalue weighted by atomic mass is 10.2. The summed E-state index contributed by atoms with van der Waals surface area (Å²) in [5.41, 5.74) is -0.193. The maximum absolute atomic E-state index is 10.7. The third kappa shape index (κ3) is 4.16. The zero-order chi connectivity index (χ0) is 13.7. The Labute approximate surface area is 114 Å². The Hall–Kier alpha value is -1.33. The fraction of sp³-hybridized carbons (Fsp3) is 0.364. The van der Waals surface area contributed by atoms with Crippen molar-refractivity contribution in [3.63, 3.8) is 0 Å². The molecule has 0 N–H and O–H groups in total. The molecule has 0 saturated heterocycles. The highest BCUT2D eigenvalue weighted by Crippen LogP contribution is 2.36.